The van der Waals surface area contributed by atoms with E-state index in [0.29, 0.717) is 6.04 Å². The van der Waals surface area contributed by atoms with Crippen molar-refractivity contribution in [2.75, 3.05) is 46.0 Å². The van der Waals surface area contributed by atoms with Crippen molar-refractivity contribution in [2.45, 2.75) is 19.4 Å². The van der Waals surface area contributed by atoms with E-state index in [9.17, 15) is 0 Å². The molecule has 0 amide bonds. The number of rotatable bonds is 4. The van der Waals surface area contributed by atoms with Gasteiger partial charge in [-0.3, -0.25) is 4.90 Å². The SMILES string of the molecule is Cc1ccc2c(c1)C(NCCN1CCOCC1)CCO2. The predicted octanol–water partition coefficient (Wildman–Crippen LogP) is 1.74. The van der Waals surface area contributed by atoms with E-state index in [4.69, 9.17) is 9.47 Å². The van der Waals surface area contributed by atoms with Gasteiger partial charge in [-0.1, -0.05) is 17.7 Å². The van der Waals surface area contributed by atoms with Gasteiger partial charge in [-0.2, -0.15) is 0 Å². The fourth-order valence-corrected chi connectivity index (χ4v) is 2.95. The van der Waals surface area contributed by atoms with Crippen LogP contribution in [-0.4, -0.2) is 50.9 Å². The third-order valence-electron chi connectivity index (χ3n) is 4.13. The Bertz CT molecular complexity index is 444. The number of nitrogens with zero attached hydrogens (tertiary/aromatic N) is 1. The molecule has 2 aliphatic heterocycles. The lowest BCUT2D eigenvalue weighted by atomic mass is 9.98. The quantitative estimate of drug-likeness (QED) is 0.908. The summed E-state index contributed by atoms with van der Waals surface area (Å²) >= 11 is 0. The Hall–Kier alpha value is -1.10. The zero-order chi connectivity index (χ0) is 13.8. The van der Waals surface area contributed by atoms with Crippen LogP contribution in [0.4, 0.5) is 0 Å². The second-order valence-electron chi connectivity index (χ2n) is 5.64. The largest absolute Gasteiger partial charge is 0.493 e. The highest BCUT2D eigenvalue weighted by atomic mass is 16.5. The lowest BCUT2D eigenvalue weighted by Gasteiger charge is -2.30. The van der Waals surface area contributed by atoms with Crippen molar-refractivity contribution < 1.29 is 9.47 Å². The Morgan fingerprint density at radius 1 is 1.25 bits per heavy atom. The molecule has 20 heavy (non-hydrogen) atoms. The molecule has 3 rings (SSSR count). The van der Waals surface area contributed by atoms with Gasteiger partial charge in [0.15, 0.2) is 0 Å². The van der Waals surface area contributed by atoms with Gasteiger partial charge in [0.05, 0.1) is 19.8 Å². The average Bonchev–Trinajstić information content (AvgIpc) is 2.49. The molecule has 0 saturated carbocycles. The van der Waals surface area contributed by atoms with Crippen molar-refractivity contribution in [3.63, 3.8) is 0 Å². The van der Waals surface area contributed by atoms with Crippen molar-refractivity contribution in [3.05, 3.63) is 29.3 Å². The number of ether oxygens (including phenoxy) is 2. The highest BCUT2D eigenvalue weighted by Crippen LogP contribution is 2.32. The molecule has 1 aromatic rings. The van der Waals surface area contributed by atoms with Crippen LogP contribution in [0.15, 0.2) is 18.2 Å². The van der Waals surface area contributed by atoms with Crippen LogP contribution < -0.4 is 10.1 Å². The normalized spacial score (nSPS) is 23.1. The van der Waals surface area contributed by atoms with E-state index in [1.807, 2.05) is 0 Å². The Labute approximate surface area is 121 Å². The van der Waals surface area contributed by atoms with Gasteiger partial charge in [0.1, 0.15) is 5.75 Å². The summed E-state index contributed by atoms with van der Waals surface area (Å²) in [6.45, 7) is 8.94. The van der Waals surface area contributed by atoms with Crippen LogP contribution in [0.3, 0.4) is 0 Å². The molecular weight excluding hydrogens is 252 g/mol. The molecule has 0 aliphatic carbocycles. The Balaban J connectivity index is 1.54. The standard InChI is InChI=1S/C16H24N2O2/c1-13-2-3-16-14(12-13)15(4-9-20-16)17-5-6-18-7-10-19-11-8-18/h2-3,12,15,17H,4-11H2,1H3. The van der Waals surface area contributed by atoms with Crippen LogP contribution in [0.25, 0.3) is 0 Å². The second-order valence-corrected chi connectivity index (χ2v) is 5.64. The van der Waals surface area contributed by atoms with Gasteiger partial charge in [-0.25, -0.2) is 0 Å². The van der Waals surface area contributed by atoms with Gasteiger partial charge in [-0.15, -0.1) is 0 Å². The Kier molecular flexibility index (Phi) is 4.55. The maximum atomic E-state index is 5.74. The van der Waals surface area contributed by atoms with E-state index in [1.54, 1.807) is 0 Å². The monoisotopic (exact) mass is 276 g/mol. The molecule has 1 saturated heterocycles. The van der Waals surface area contributed by atoms with Gasteiger partial charge in [0.25, 0.3) is 0 Å². The zero-order valence-corrected chi connectivity index (χ0v) is 12.2. The van der Waals surface area contributed by atoms with Crippen molar-refractivity contribution >= 4 is 0 Å². The van der Waals surface area contributed by atoms with E-state index >= 15 is 0 Å². The van der Waals surface area contributed by atoms with E-state index in [-0.39, 0.29) is 0 Å². The first-order valence-electron chi connectivity index (χ1n) is 7.60. The molecule has 1 fully saturated rings. The molecule has 1 atom stereocenters. The molecule has 0 spiro atoms. The number of benzene rings is 1. The molecule has 1 aromatic carbocycles. The van der Waals surface area contributed by atoms with Crippen molar-refractivity contribution in [1.29, 1.82) is 0 Å². The van der Waals surface area contributed by atoms with Gasteiger partial charge in [0, 0.05) is 44.2 Å². The van der Waals surface area contributed by atoms with Crippen molar-refractivity contribution in [3.8, 4) is 5.75 Å². The predicted molar refractivity (Wildman–Crippen MR) is 79.3 cm³/mol. The average molecular weight is 276 g/mol. The molecule has 2 heterocycles. The van der Waals surface area contributed by atoms with E-state index in [0.717, 1.165) is 58.2 Å². The topological polar surface area (TPSA) is 33.7 Å². The van der Waals surface area contributed by atoms with Crippen LogP contribution >= 0.6 is 0 Å². The van der Waals surface area contributed by atoms with Crippen LogP contribution in [0, 0.1) is 6.92 Å². The molecule has 0 bridgehead atoms. The zero-order valence-electron chi connectivity index (χ0n) is 12.2. The summed E-state index contributed by atoms with van der Waals surface area (Å²) in [6, 6.07) is 6.90. The van der Waals surface area contributed by atoms with Crippen LogP contribution in [0.2, 0.25) is 0 Å². The first-order valence-corrected chi connectivity index (χ1v) is 7.60. The summed E-state index contributed by atoms with van der Waals surface area (Å²) in [5.41, 5.74) is 2.62. The lowest BCUT2D eigenvalue weighted by Crippen LogP contribution is -2.41. The Morgan fingerprint density at radius 3 is 2.95 bits per heavy atom. The van der Waals surface area contributed by atoms with E-state index in [2.05, 4.69) is 35.3 Å². The van der Waals surface area contributed by atoms with Gasteiger partial charge in [-0.05, 0) is 13.0 Å². The molecule has 1 unspecified atom stereocenters. The maximum absolute atomic E-state index is 5.74. The van der Waals surface area contributed by atoms with Gasteiger partial charge >= 0.3 is 0 Å². The van der Waals surface area contributed by atoms with E-state index < -0.39 is 0 Å². The summed E-state index contributed by atoms with van der Waals surface area (Å²) in [6.07, 6.45) is 1.06. The third-order valence-corrected chi connectivity index (χ3v) is 4.13. The second kappa shape index (κ2) is 6.57. The molecule has 1 N–H and O–H groups in total. The molecule has 110 valence electrons. The highest BCUT2D eigenvalue weighted by Gasteiger charge is 2.21. The number of fused-ring (bicyclic) bond motifs is 1. The maximum Gasteiger partial charge on any atom is 0.124 e. The smallest absolute Gasteiger partial charge is 0.124 e. The minimum absolute atomic E-state index is 0.430. The van der Waals surface area contributed by atoms with Crippen LogP contribution in [-0.2, 0) is 4.74 Å². The fourth-order valence-electron chi connectivity index (χ4n) is 2.95. The first kappa shape index (κ1) is 13.9. The molecule has 4 heteroatoms. The van der Waals surface area contributed by atoms with Crippen molar-refractivity contribution in [1.82, 2.24) is 10.2 Å². The highest BCUT2D eigenvalue weighted by molar-refractivity contribution is 5.40. The van der Waals surface area contributed by atoms with Gasteiger partial charge in [0.2, 0.25) is 0 Å². The molecule has 0 radical (unpaired) electrons. The van der Waals surface area contributed by atoms with Crippen LogP contribution in [0.1, 0.15) is 23.6 Å². The molecule has 4 nitrogen and oxygen atoms in total. The summed E-state index contributed by atoms with van der Waals surface area (Å²) < 4.78 is 11.1. The van der Waals surface area contributed by atoms with Crippen LogP contribution in [0.5, 0.6) is 5.75 Å². The summed E-state index contributed by atoms with van der Waals surface area (Å²) in [4.78, 5) is 2.47. The van der Waals surface area contributed by atoms with Gasteiger partial charge < -0.3 is 14.8 Å². The summed E-state index contributed by atoms with van der Waals surface area (Å²) in [5, 5.41) is 3.69. The Morgan fingerprint density at radius 2 is 2.10 bits per heavy atom. The number of hydrogen-bond donors (Lipinski definition) is 1. The number of nitrogens with one attached hydrogen (secondary N) is 1. The third kappa shape index (κ3) is 3.32. The minimum Gasteiger partial charge on any atom is -0.493 e. The molecule has 0 aromatic heterocycles. The summed E-state index contributed by atoms with van der Waals surface area (Å²) in [5.74, 6) is 1.05. The lowest BCUT2D eigenvalue weighted by molar-refractivity contribution is 0.0379. The number of aryl methyl sites for hydroxylation is 1. The fraction of sp³-hybridized carbons (Fsp3) is 0.625. The molecule has 2 aliphatic rings. The van der Waals surface area contributed by atoms with E-state index in [1.165, 1.54) is 11.1 Å². The number of hydrogen-bond acceptors (Lipinski definition) is 4. The first-order chi connectivity index (χ1) is 9.83. The minimum atomic E-state index is 0.430. The van der Waals surface area contributed by atoms with Crippen molar-refractivity contribution in [2.24, 2.45) is 0 Å². The summed E-state index contributed by atoms with van der Waals surface area (Å²) in [7, 11) is 0. The molecular formula is C16H24N2O2. The number of morpholine rings is 1.